The molecule has 0 bridgehead atoms. The summed E-state index contributed by atoms with van der Waals surface area (Å²) in [5.41, 5.74) is 0. The standard InChI is InChI=1S/C9H16N2O4S/c1-4-6-16(14,15)9(11-13)7(5-2)8(12)10-3/h4,7,13H,1,5-6H2,2-3H3,(H,10,12). The van der Waals surface area contributed by atoms with Crippen LogP contribution in [0.4, 0.5) is 0 Å². The Morgan fingerprint density at radius 2 is 2.19 bits per heavy atom. The highest BCUT2D eigenvalue weighted by atomic mass is 32.2. The predicted octanol–water partition coefficient (Wildman–Crippen LogP) is 0.147. The van der Waals surface area contributed by atoms with Crippen molar-refractivity contribution in [1.29, 1.82) is 0 Å². The van der Waals surface area contributed by atoms with Crippen molar-refractivity contribution in [1.82, 2.24) is 5.32 Å². The fourth-order valence-electron chi connectivity index (χ4n) is 1.24. The van der Waals surface area contributed by atoms with E-state index in [0.717, 1.165) is 0 Å². The van der Waals surface area contributed by atoms with Crippen molar-refractivity contribution < 1.29 is 18.4 Å². The summed E-state index contributed by atoms with van der Waals surface area (Å²) in [6, 6.07) is 0. The van der Waals surface area contributed by atoms with E-state index >= 15 is 0 Å². The molecule has 1 unspecified atom stereocenters. The van der Waals surface area contributed by atoms with E-state index in [1.54, 1.807) is 6.92 Å². The molecule has 0 aromatic rings. The van der Waals surface area contributed by atoms with Crippen molar-refractivity contribution in [3.05, 3.63) is 12.7 Å². The van der Waals surface area contributed by atoms with Gasteiger partial charge in [-0.1, -0.05) is 18.2 Å². The van der Waals surface area contributed by atoms with Crippen LogP contribution in [-0.2, 0) is 14.6 Å². The number of hydrogen-bond acceptors (Lipinski definition) is 5. The molecule has 0 rings (SSSR count). The summed E-state index contributed by atoms with van der Waals surface area (Å²) in [4.78, 5) is 11.4. The molecule has 0 saturated heterocycles. The number of oxime groups is 1. The quantitative estimate of drug-likeness (QED) is 0.238. The van der Waals surface area contributed by atoms with Gasteiger partial charge in [0, 0.05) is 7.05 Å². The fourth-order valence-corrected chi connectivity index (χ4v) is 2.55. The third kappa shape index (κ3) is 3.34. The zero-order chi connectivity index (χ0) is 12.8. The van der Waals surface area contributed by atoms with Crippen molar-refractivity contribution in [2.45, 2.75) is 13.3 Å². The molecule has 6 nitrogen and oxygen atoms in total. The first-order valence-electron chi connectivity index (χ1n) is 4.71. The molecule has 1 atom stereocenters. The Morgan fingerprint density at radius 3 is 2.50 bits per heavy atom. The molecule has 0 fully saturated rings. The van der Waals surface area contributed by atoms with Crippen molar-refractivity contribution in [2.75, 3.05) is 12.8 Å². The van der Waals surface area contributed by atoms with Gasteiger partial charge in [0.25, 0.3) is 0 Å². The second kappa shape index (κ2) is 6.26. The topological polar surface area (TPSA) is 95.8 Å². The smallest absolute Gasteiger partial charge is 0.229 e. The first kappa shape index (κ1) is 14.6. The zero-order valence-corrected chi connectivity index (χ0v) is 10.1. The second-order valence-electron chi connectivity index (χ2n) is 3.08. The van der Waals surface area contributed by atoms with E-state index in [1.165, 1.54) is 13.1 Å². The molecular weight excluding hydrogens is 232 g/mol. The summed E-state index contributed by atoms with van der Waals surface area (Å²) in [5, 5.41) is 13.3. The lowest BCUT2D eigenvalue weighted by Gasteiger charge is -2.14. The van der Waals surface area contributed by atoms with Crippen LogP contribution in [0.5, 0.6) is 0 Å². The van der Waals surface area contributed by atoms with Crippen LogP contribution in [0.15, 0.2) is 17.8 Å². The normalized spacial score (nSPS) is 14.2. The van der Waals surface area contributed by atoms with E-state index in [1.807, 2.05) is 0 Å². The minimum atomic E-state index is -3.77. The van der Waals surface area contributed by atoms with Gasteiger partial charge in [0.1, 0.15) is 0 Å². The lowest BCUT2D eigenvalue weighted by Crippen LogP contribution is -2.37. The van der Waals surface area contributed by atoms with Gasteiger partial charge in [-0.05, 0) is 6.42 Å². The monoisotopic (exact) mass is 248 g/mol. The highest BCUT2D eigenvalue weighted by Crippen LogP contribution is 2.12. The Morgan fingerprint density at radius 1 is 1.62 bits per heavy atom. The molecule has 0 aliphatic carbocycles. The molecule has 7 heteroatoms. The molecule has 0 radical (unpaired) electrons. The van der Waals surface area contributed by atoms with Gasteiger partial charge in [-0.15, -0.1) is 6.58 Å². The van der Waals surface area contributed by atoms with Crippen LogP contribution >= 0.6 is 0 Å². The lowest BCUT2D eigenvalue weighted by molar-refractivity contribution is -0.122. The van der Waals surface area contributed by atoms with E-state index in [4.69, 9.17) is 5.21 Å². The van der Waals surface area contributed by atoms with Crippen molar-refractivity contribution in [3.8, 4) is 0 Å². The first-order chi connectivity index (χ1) is 7.44. The molecule has 1 amide bonds. The van der Waals surface area contributed by atoms with Gasteiger partial charge in [-0.2, -0.15) is 0 Å². The van der Waals surface area contributed by atoms with E-state index in [-0.39, 0.29) is 12.2 Å². The lowest BCUT2D eigenvalue weighted by atomic mass is 10.1. The maximum atomic E-state index is 11.6. The molecule has 92 valence electrons. The second-order valence-corrected chi connectivity index (χ2v) is 5.06. The van der Waals surface area contributed by atoms with Gasteiger partial charge in [-0.3, -0.25) is 4.79 Å². The molecule has 0 saturated carbocycles. The summed E-state index contributed by atoms with van der Waals surface area (Å²) in [6.07, 6.45) is 1.41. The van der Waals surface area contributed by atoms with Crippen molar-refractivity contribution >= 4 is 20.8 Å². The molecule has 0 aromatic heterocycles. The number of nitrogens with one attached hydrogen (secondary N) is 1. The predicted molar refractivity (Wildman–Crippen MR) is 61.1 cm³/mol. The highest BCUT2D eigenvalue weighted by Gasteiger charge is 2.31. The van der Waals surface area contributed by atoms with Crippen LogP contribution in [0.2, 0.25) is 0 Å². The van der Waals surface area contributed by atoms with Crippen LogP contribution in [0.1, 0.15) is 13.3 Å². The molecule has 0 heterocycles. The van der Waals surface area contributed by atoms with Crippen LogP contribution in [0.3, 0.4) is 0 Å². The van der Waals surface area contributed by atoms with Gasteiger partial charge < -0.3 is 10.5 Å². The van der Waals surface area contributed by atoms with Gasteiger partial charge in [0.05, 0.1) is 11.7 Å². The Kier molecular flexibility index (Phi) is 5.73. The van der Waals surface area contributed by atoms with Crippen molar-refractivity contribution in [2.24, 2.45) is 11.1 Å². The molecule has 0 aliphatic heterocycles. The number of hydrogen-bond donors (Lipinski definition) is 2. The van der Waals surface area contributed by atoms with Crippen molar-refractivity contribution in [3.63, 3.8) is 0 Å². The summed E-state index contributed by atoms with van der Waals surface area (Å²) < 4.78 is 23.3. The third-order valence-electron chi connectivity index (χ3n) is 2.02. The molecule has 16 heavy (non-hydrogen) atoms. The first-order valence-corrected chi connectivity index (χ1v) is 6.37. The third-order valence-corrected chi connectivity index (χ3v) is 3.70. The summed E-state index contributed by atoms with van der Waals surface area (Å²) >= 11 is 0. The molecule has 0 spiro atoms. The largest absolute Gasteiger partial charge is 0.410 e. The van der Waals surface area contributed by atoms with E-state index in [0.29, 0.717) is 0 Å². The molecule has 2 N–H and O–H groups in total. The van der Waals surface area contributed by atoms with E-state index in [9.17, 15) is 13.2 Å². The fraction of sp³-hybridized carbons (Fsp3) is 0.556. The maximum Gasteiger partial charge on any atom is 0.229 e. The van der Waals surface area contributed by atoms with Gasteiger partial charge in [0.15, 0.2) is 14.9 Å². The number of nitrogens with zero attached hydrogens (tertiary/aromatic N) is 1. The van der Waals surface area contributed by atoms with Gasteiger partial charge in [0.2, 0.25) is 5.91 Å². The van der Waals surface area contributed by atoms with Crippen LogP contribution in [-0.4, -0.2) is 37.4 Å². The van der Waals surface area contributed by atoms with Gasteiger partial charge >= 0.3 is 0 Å². The Labute approximate surface area is 94.9 Å². The average Bonchev–Trinajstić information content (AvgIpc) is 2.24. The summed E-state index contributed by atoms with van der Waals surface area (Å²) in [6.45, 7) is 4.93. The van der Waals surface area contributed by atoms with Crippen LogP contribution in [0, 0.1) is 5.92 Å². The summed E-state index contributed by atoms with van der Waals surface area (Å²) in [7, 11) is -2.38. The van der Waals surface area contributed by atoms with Crippen LogP contribution < -0.4 is 5.32 Å². The Bertz CT molecular complexity index is 386. The number of rotatable bonds is 5. The number of amides is 1. The van der Waals surface area contributed by atoms with E-state index < -0.39 is 26.7 Å². The number of carbonyl (C=O) groups excluding carboxylic acids is 1. The Hall–Kier alpha value is -1.37. The number of sulfone groups is 1. The van der Waals surface area contributed by atoms with Gasteiger partial charge in [-0.25, -0.2) is 8.42 Å². The minimum absolute atomic E-state index is 0.232. The molecule has 0 aromatic carbocycles. The average molecular weight is 248 g/mol. The molecule has 0 aliphatic rings. The zero-order valence-electron chi connectivity index (χ0n) is 9.30. The Balaban J connectivity index is 5.28. The van der Waals surface area contributed by atoms with Crippen LogP contribution in [0.25, 0.3) is 0 Å². The summed E-state index contributed by atoms with van der Waals surface area (Å²) in [5.74, 6) is -1.83. The molecular formula is C9H16N2O4S. The number of carbonyl (C=O) groups is 1. The maximum absolute atomic E-state index is 11.6. The van der Waals surface area contributed by atoms with E-state index in [2.05, 4.69) is 17.1 Å². The SMILES string of the molecule is C=CCS(=O)(=O)C(=NO)C(CC)C(=O)NC. The minimum Gasteiger partial charge on any atom is -0.410 e. The highest BCUT2D eigenvalue weighted by molar-refractivity contribution is 8.06.